The molecule has 3 aliphatic rings. The number of halogens is 1. The molecule has 0 aliphatic carbocycles. The molecule has 2 aromatic carbocycles. The first kappa shape index (κ1) is 27.4. The van der Waals surface area contributed by atoms with E-state index in [2.05, 4.69) is 10.2 Å². The molecule has 218 valence electrons. The Balaban J connectivity index is 1.26. The van der Waals surface area contributed by atoms with Crippen molar-refractivity contribution in [2.45, 2.75) is 57.8 Å². The zero-order valence-corrected chi connectivity index (χ0v) is 25.1. The van der Waals surface area contributed by atoms with E-state index >= 15 is 0 Å². The van der Waals surface area contributed by atoms with Crippen LogP contribution in [0.1, 0.15) is 41.9 Å². The summed E-state index contributed by atoms with van der Waals surface area (Å²) < 4.78 is 7.00. The smallest absolute Gasteiger partial charge is 0.410 e. The van der Waals surface area contributed by atoms with Crippen molar-refractivity contribution in [3.8, 4) is 10.6 Å². The largest absolute Gasteiger partial charge is 0.447 e. The average molecular weight is 605 g/mol. The molecule has 9 nitrogen and oxygen atoms in total. The molecule has 2 atom stereocenters. The van der Waals surface area contributed by atoms with Crippen molar-refractivity contribution in [2.75, 3.05) is 31.6 Å². The number of carbonyl (C=O) groups is 1. The van der Waals surface area contributed by atoms with E-state index < -0.39 is 0 Å². The monoisotopic (exact) mass is 604 g/mol. The van der Waals surface area contributed by atoms with Crippen molar-refractivity contribution in [3.63, 3.8) is 0 Å². The molecule has 0 bridgehead atoms. The third kappa shape index (κ3) is 5.39. The summed E-state index contributed by atoms with van der Waals surface area (Å²) in [5, 5.41) is 5.87. The van der Waals surface area contributed by atoms with Crippen LogP contribution in [0, 0.1) is 6.92 Å². The molecule has 5 heterocycles. The Morgan fingerprint density at radius 2 is 1.90 bits per heavy atom. The summed E-state index contributed by atoms with van der Waals surface area (Å²) in [6.45, 7) is 6.54. The third-order valence-electron chi connectivity index (χ3n) is 8.61. The second-order valence-electron chi connectivity index (χ2n) is 11.5. The normalized spacial score (nSPS) is 20.7. The highest BCUT2D eigenvalue weighted by Gasteiger charge is 2.38. The van der Waals surface area contributed by atoms with Gasteiger partial charge in [-0.3, -0.25) is 14.3 Å². The fourth-order valence-corrected chi connectivity index (χ4v) is 7.46. The first-order chi connectivity index (χ1) is 20.4. The van der Waals surface area contributed by atoms with Crippen LogP contribution in [-0.4, -0.2) is 68.8 Å². The van der Waals surface area contributed by atoms with Gasteiger partial charge in [0.15, 0.2) is 0 Å². The van der Waals surface area contributed by atoms with Crippen LogP contribution in [0.15, 0.2) is 47.4 Å². The Labute approximate surface area is 253 Å². The van der Waals surface area contributed by atoms with Crippen LogP contribution in [0.2, 0.25) is 5.02 Å². The van der Waals surface area contributed by atoms with Crippen molar-refractivity contribution >= 4 is 45.6 Å². The molecule has 3 aliphatic heterocycles. The fraction of sp³-hybridized carbons (Fsp3) is 0.419. The van der Waals surface area contributed by atoms with Crippen molar-refractivity contribution in [2.24, 2.45) is 0 Å². The maximum Gasteiger partial charge on any atom is 0.410 e. The van der Waals surface area contributed by atoms with Gasteiger partial charge in [0.2, 0.25) is 0 Å². The number of hydrogen-bond acceptors (Lipinski definition) is 8. The number of nitrogens with one attached hydrogen (secondary N) is 1. The molecule has 4 aromatic rings. The van der Waals surface area contributed by atoms with Gasteiger partial charge in [0, 0.05) is 46.5 Å². The number of thiazole rings is 1. The van der Waals surface area contributed by atoms with E-state index in [1.807, 2.05) is 54.4 Å². The SMILES string of the molecule is Cc1nc2cc(-c3ncc(CN4CCCC4)s3)c(N[C@H]3CCN4C(=O)OC[C@@H]4C3)cc2c(=O)n1Cc1ccc(Cl)cc1. The number of amides is 1. The minimum atomic E-state index is -0.221. The van der Waals surface area contributed by atoms with Gasteiger partial charge in [-0.15, -0.1) is 11.3 Å². The molecule has 2 aromatic heterocycles. The van der Waals surface area contributed by atoms with Crippen molar-refractivity contribution in [1.29, 1.82) is 0 Å². The van der Waals surface area contributed by atoms with Gasteiger partial charge >= 0.3 is 6.09 Å². The van der Waals surface area contributed by atoms with Gasteiger partial charge in [-0.2, -0.15) is 0 Å². The van der Waals surface area contributed by atoms with E-state index in [1.54, 1.807) is 15.9 Å². The highest BCUT2D eigenvalue weighted by atomic mass is 35.5. The number of aromatic nitrogens is 3. The molecule has 1 N–H and O–H groups in total. The number of piperidine rings is 1. The zero-order chi connectivity index (χ0) is 28.8. The number of fused-ring (bicyclic) bond motifs is 2. The van der Waals surface area contributed by atoms with Crippen LogP contribution in [0.5, 0.6) is 0 Å². The molecule has 3 fully saturated rings. The topological polar surface area (TPSA) is 92.6 Å². The summed E-state index contributed by atoms with van der Waals surface area (Å²) in [5.74, 6) is 0.654. The lowest BCUT2D eigenvalue weighted by Gasteiger charge is -2.33. The van der Waals surface area contributed by atoms with Gasteiger partial charge in [-0.05, 0) is 75.5 Å². The van der Waals surface area contributed by atoms with Crippen molar-refractivity contribution in [3.05, 3.63) is 74.2 Å². The maximum absolute atomic E-state index is 13.9. The van der Waals surface area contributed by atoms with Crippen LogP contribution in [0.4, 0.5) is 10.5 Å². The van der Waals surface area contributed by atoms with Crippen LogP contribution >= 0.6 is 22.9 Å². The van der Waals surface area contributed by atoms with E-state index in [0.717, 1.165) is 54.3 Å². The molecule has 0 saturated carbocycles. The minimum Gasteiger partial charge on any atom is -0.447 e. The number of ether oxygens (including phenoxy) is 1. The van der Waals surface area contributed by atoms with Gasteiger partial charge in [-0.1, -0.05) is 23.7 Å². The zero-order valence-electron chi connectivity index (χ0n) is 23.5. The quantitative estimate of drug-likeness (QED) is 0.297. The number of benzene rings is 2. The van der Waals surface area contributed by atoms with E-state index in [-0.39, 0.29) is 23.7 Å². The van der Waals surface area contributed by atoms with E-state index in [4.69, 9.17) is 26.3 Å². The van der Waals surface area contributed by atoms with Crippen molar-refractivity contribution in [1.82, 2.24) is 24.3 Å². The van der Waals surface area contributed by atoms with Gasteiger partial charge < -0.3 is 15.0 Å². The third-order valence-corrected chi connectivity index (χ3v) is 9.88. The van der Waals surface area contributed by atoms with Crippen LogP contribution < -0.4 is 10.9 Å². The average Bonchev–Trinajstić information content (AvgIpc) is 3.75. The highest BCUT2D eigenvalue weighted by molar-refractivity contribution is 7.15. The minimum absolute atomic E-state index is 0.0699. The second kappa shape index (κ2) is 11.3. The maximum atomic E-state index is 13.9. The van der Waals surface area contributed by atoms with Crippen LogP contribution in [-0.2, 0) is 17.8 Å². The molecule has 42 heavy (non-hydrogen) atoms. The fourth-order valence-electron chi connectivity index (χ4n) is 6.35. The lowest BCUT2D eigenvalue weighted by molar-refractivity contribution is 0.153. The lowest BCUT2D eigenvalue weighted by atomic mass is 9.97. The summed E-state index contributed by atoms with van der Waals surface area (Å²) in [6.07, 6.45) is 5.85. The van der Waals surface area contributed by atoms with Gasteiger partial charge in [-0.25, -0.2) is 14.8 Å². The predicted molar refractivity (Wildman–Crippen MR) is 165 cm³/mol. The molecular weight excluding hydrogens is 572 g/mol. The molecule has 3 saturated heterocycles. The van der Waals surface area contributed by atoms with E-state index in [0.29, 0.717) is 41.4 Å². The Morgan fingerprint density at radius 3 is 2.71 bits per heavy atom. The first-order valence-electron chi connectivity index (χ1n) is 14.6. The van der Waals surface area contributed by atoms with Gasteiger partial charge in [0.1, 0.15) is 17.4 Å². The number of likely N-dealkylation sites (tertiary alicyclic amines) is 1. The summed E-state index contributed by atoms with van der Waals surface area (Å²) in [7, 11) is 0. The Kier molecular flexibility index (Phi) is 7.37. The predicted octanol–water partition coefficient (Wildman–Crippen LogP) is 5.52. The van der Waals surface area contributed by atoms with Gasteiger partial charge in [0.25, 0.3) is 5.56 Å². The Bertz CT molecular complexity index is 1700. The molecule has 1 amide bonds. The summed E-state index contributed by atoms with van der Waals surface area (Å²) >= 11 is 7.78. The van der Waals surface area contributed by atoms with Gasteiger partial charge in [0.05, 0.1) is 23.5 Å². The summed E-state index contributed by atoms with van der Waals surface area (Å²) in [5.41, 5.74) is 3.37. The lowest BCUT2D eigenvalue weighted by Crippen LogP contribution is -2.45. The van der Waals surface area contributed by atoms with Crippen LogP contribution in [0.25, 0.3) is 21.5 Å². The van der Waals surface area contributed by atoms with E-state index in [1.165, 1.54) is 17.7 Å². The number of aryl methyl sites for hydroxylation is 1. The highest BCUT2D eigenvalue weighted by Crippen LogP contribution is 2.36. The number of nitrogens with zero attached hydrogens (tertiary/aromatic N) is 5. The molecule has 0 radical (unpaired) electrons. The molecular formula is C31H33ClN6O3S. The molecule has 0 unspecified atom stereocenters. The number of hydrogen-bond donors (Lipinski definition) is 1. The molecule has 11 heteroatoms. The number of carbonyl (C=O) groups excluding carboxylic acids is 1. The van der Waals surface area contributed by atoms with Crippen LogP contribution in [0.3, 0.4) is 0 Å². The summed E-state index contributed by atoms with van der Waals surface area (Å²) in [4.78, 5) is 41.2. The van der Waals surface area contributed by atoms with E-state index in [9.17, 15) is 9.59 Å². The standard InChI is InChI=1S/C31H33ClN6O3S/c1-19-34-28-13-25(29-33-15-24(42-29)17-36-9-2-3-10-36)27(35-22-8-11-37-23(12-22)18-41-31(37)40)14-26(28)30(39)38(19)16-20-4-6-21(32)7-5-20/h4-7,13-15,22-23,35H,2-3,8-12,16-18H2,1H3/t22-,23-/m0/s1. The first-order valence-corrected chi connectivity index (χ1v) is 15.8. The Morgan fingerprint density at radius 1 is 1.10 bits per heavy atom. The number of rotatable bonds is 7. The Hall–Kier alpha value is -3.47. The molecule has 7 rings (SSSR count). The molecule has 0 spiro atoms. The van der Waals surface area contributed by atoms with Crippen molar-refractivity contribution < 1.29 is 9.53 Å². The second-order valence-corrected chi connectivity index (χ2v) is 13.0. The summed E-state index contributed by atoms with van der Waals surface area (Å²) in [6, 6.07) is 11.7. The number of cyclic esters (lactones) is 1. The number of anilines is 1.